The molecule has 1 aliphatic heterocycles. The molecule has 2 radical (unpaired) electrons. The van der Waals surface area contributed by atoms with Crippen molar-refractivity contribution in [3.05, 3.63) is 0 Å². The largest absolute Gasteiger partial charge is 0.756 e. The Morgan fingerprint density at radius 3 is 2.40 bits per heavy atom. The van der Waals surface area contributed by atoms with Crippen LogP contribution in [0.3, 0.4) is 0 Å². The maximum Gasteiger partial charge on any atom is 0.268 e. The summed E-state index contributed by atoms with van der Waals surface area (Å²) >= 11 is 0. The highest BCUT2D eigenvalue weighted by molar-refractivity contribution is 7.45. The maximum absolute atomic E-state index is 11.8. The van der Waals surface area contributed by atoms with Crippen molar-refractivity contribution in [1.29, 1.82) is 0 Å². The molecule has 20 heavy (non-hydrogen) atoms. The molecule has 6 nitrogen and oxygen atoms in total. The zero-order valence-corrected chi connectivity index (χ0v) is 13.5. The van der Waals surface area contributed by atoms with E-state index in [0.29, 0.717) is 0 Å². The van der Waals surface area contributed by atoms with Gasteiger partial charge < -0.3 is 23.4 Å². The van der Waals surface area contributed by atoms with E-state index in [0.717, 1.165) is 0 Å². The van der Waals surface area contributed by atoms with E-state index in [2.05, 4.69) is 0 Å². The van der Waals surface area contributed by atoms with E-state index in [1.165, 1.54) is 0 Å². The van der Waals surface area contributed by atoms with Gasteiger partial charge in [0.1, 0.15) is 14.0 Å². The lowest BCUT2D eigenvalue weighted by Gasteiger charge is -2.31. The van der Waals surface area contributed by atoms with Crippen LogP contribution in [0.1, 0.15) is 34.6 Å². The van der Waals surface area contributed by atoms with Gasteiger partial charge in [0.2, 0.25) is 0 Å². The van der Waals surface area contributed by atoms with E-state index in [9.17, 15) is 9.46 Å². The van der Waals surface area contributed by atoms with Crippen LogP contribution >= 0.6 is 7.82 Å². The van der Waals surface area contributed by atoms with Gasteiger partial charge >= 0.3 is 0 Å². The molecular formula is C12H23BO6P-. The molecule has 1 unspecified atom stereocenters. The van der Waals surface area contributed by atoms with Crippen molar-refractivity contribution in [3.63, 3.8) is 0 Å². The van der Waals surface area contributed by atoms with Gasteiger partial charge in [0.15, 0.2) is 0 Å². The van der Waals surface area contributed by atoms with Gasteiger partial charge in [-0.1, -0.05) is 6.92 Å². The Labute approximate surface area is 122 Å². The van der Waals surface area contributed by atoms with E-state index in [4.69, 9.17) is 26.4 Å². The molecule has 0 aromatic rings. The zero-order chi connectivity index (χ0) is 15.5. The monoisotopic (exact) mass is 305 g/mol. The molecule has 1 rings (SSSR count). The Morgan fingerprint density at radius 2 is 1.90 bits per heavy atom. The van der Waals surface area contributed by atoms with Gasteiger partial charge in [-0.2, -0.15) is 0 Å². The van der Waals surface area contributed by atoms with E-state index in [1.807, 2.05) is 13.8 Å². The number of ether oxygens (including phenoxy) is 2. The molecular weight excluding hydrogens is 282 g/mol. The van der Waals surface area contributed by atoms with Gasteiger partial charge in [0.25, 0.3) is 7.82 Å². The maximum atomic E-state index is 11.8. The van der Waals surface area contributed by atoms with Crippen LogP contribution in [-0.4, -0.2) is 44.9 Å². The fourth-order valence-corrected chi connectivity index (χ4v) is 3.14. The van der Waals surface area contributed by atoms with Gasteiger partial charge in [-0.25, -0.2) is 0 Å². The summed E-state index contributed by atoms with van der Waals surface area (Å²) in [5.74, 6) is -0.270. The van der Waals surface area contributed by atoms with Crippen molar-refractivity contribution in [3.8, 4) is 0 Å². The molecule has 0 bridgehead atoms. The first-order valence-electron chi connectivity index (χ1n) is 6.83. The fourth-order valence-electron chi connectivity index (χ4n) is 1.95. The van der Waals surface area contributed by atoms with Crippen molar-refractivity contribution >= 4 is 15.7 Å². The average molecular weight is 305 g/mol. The second-order valence-corrected chi connectivity index (χ2v) is 6.87. The first kappa shape index (κ1) is 18.1. The Hall–Kier alpha value is 0.0949. The lowest BCUT2D eigenvalue weighted by molar-refractivity contribution is -0.235. The molecule has 8 heteroatoms. The fraction of sp³-hybridized carbons (Fsp3) is 1.00. The van der Waals surface area contributed by atoms with Gasteiger partial charge in [-0.15, -0.1) is 0 Å². The molecule has 0 aromatic heterocycles. The highest BCUT2D eigenvalue weighted by atomic mass is 31.2. The third-order valence-electron chi connectivity index (χ3n) is 2.92. The van der Waals surface area contributed by atoms with Crippen LogP contribution in [0, 0.1) is 5.92 Å². The number of rotatable bonds is 7. The van der Waals surface area contributed by atoms with Crippen molar-refractivity contribution in [2.45, 2.75) is 65.0 Å². The minimum Gasteiger partial charge on any atom is -0.756 e. The zero-order valence-electron chi connectivity index (χ0n) is 12.6. The van der Waals surface area contributed by atoms with Crippen LogP contribution in [0.4, 0.5) is 0 Å². The van der Waals surface area contributed by atoms with Crippen molar-refractivity contribution in [2.75, 3.05) is 6.61 Å². The van der Waals surface area contributed by atoms with E-state index in [-0.39, 0.29) is 18.6 Å². The van der Waals surface area contributed by atoms with Crippen molar-refractivity contribution in [2.24, 2.45) is 5.92 Å². The molecule has 0 spiro atoms. The van der Waals surface area contributed by atoms with Crippen molar-refractivity contribution in [1.82, 2.24) is 0 Å². The van der Waals surface area contributed by atoms with Crippen molar-refractivity contribution < 1.29 is 28.0 Å². The first-order chi connectivity index (χ1) is 9.12. The minimum atomic E-state index is -4.39. The van der Waals surface area contributed by atoms with Crippen LogP contribution in [0.2, 0.25) is 0 Å². The predicted molar refractivity (Wildman–Crippen MR) is 73.4 cm³/mol. The Morgan fingerprint density at radius 1 is 1.30 bits per heavy atom. The smallest absolute Gasteiger partial charge is 0.268 e. The third-order valence-corrected chi connectivity index (χ3v) is 4.10. The SMILES string of the molecule is [B][C@@H]1O[C@H](COC(C)C)[C@@H](OP(=O)([O-])OC(C)C)[C@H]1C. The van der Waals surface area contributed by atoms with Gasteiger partial charge in [-0.05, 0) is 27.7 Å². The normalized spacial score (nSPS) is 33.8. The highest BCUT2D eigenvalue weighted by Gasteiger charge is 2.42. The molecule has 0 saturated carbocycles. The Kier molecular flexibility index (Phi) is 6.70. The minimum absolute atomic E-state index is 0.0114. The Bertz CT molecular complexity index is 351. The summed E-state index contributed by atoms with van der Waals surface area (Å²) in [4.78, 5) is 11.8. The predicted octanol–water partition coefficient (Wildman–Crippen LogP) is 1.22. The number of phosphoric ester groups is 1. The standard InChI is InChI=1S/C12H24BO6P/c1-7(2)16-6-10-11(9(5)12(13)17-10)19-20(14,15)18-8(3)4/h7-12H,6H2,1-5H3,(H,14,15)/p-1/t9-,10-,11+,12-/m1/s1. The quantitative estimate of drug-likeness (QED) is 0.520. The van der Waals surface area contributed by atoms with Crippen LogP contribution in [0.5, 0.6) is 0 Å². The van der Waals surface area contributed by atoms with Gasteiger partial charge in [0.05, 0.1) is 24.9 Å². The summed E-state index contributed by atoms with van der Waals surface area (Å²) in [6, 6.07) is -0.584. The molecule has 0 aromatic carbocycles. The van der Waals surface area contributed by atoms with Gasteiger partial charge in [0, 0.05) is 11.9 Å². The number of phosphoric acid groups is 1. The van der Waals surface area contributed by atoms with E-state index in [1.54, 1.807) is 20.8 Å². The molecule has 0 aliphatic carbocycles. The summed E-state index contributed by atoms with van der Waals surface area (Å²) in [7, 11) is 1.41. The summed E-state index contributed by atoms with van der Waals surface area (Å²) in [5.41, 5.74) is 0. The molecule has 116 valence electrons. The summed E-state index contributed by atoms with van der Waals surface area (Å²) in [6.45, 7) is 9.01. The molecule has 5 atom stereocenters. The van der Waals surface area contributed by atoms with E-state index >= 15 is 0 Å². The summed E-state index contributed by atoms with van der Waals surface area (Å²) in [6.07, 6.45) is -1.70. The second-order valence-electron chi connectivity index (χ2n) is 5.55. The topological polar surface area (TPSA) is 77.1 Å². The summed E-state index contributed by atoms with van der Waals surface area (Å²) < 4.78 is 32.7. The lowest BCUT2D eigenvalue weighted by Crippen LogP contribution is -2.34. The van der Waals surface area contributed by atoms with Crippen LogP contribution < -0.4 is 4.89 Å². The lowest BCUT2D eigenvalue weighted by atomic mass is 9.86. The molecule has 0 amide bonds. The molecule has 1 aliphatic rings. The molecule has 1 saturated heterocycles. The Balaban J connectivity index is 2.69. The van der Waals surface area contributed by atoms with Crippen LogP contribution in [0.15, 0.2) is 0 Å². The van der Waals surface area contributed by atoms with Crippen LogP contribution in [0.25, 0.3) is 0 Å². The van der Waals surface area contributed by atoms with Crippen LogP contribution in [-0.2, 0) is 23.1 Å². The number of hydrogen-bond donors (Lipinski definition) is 0. The number of hydrogen-bond acceptors (Lipinski definition) is 6. The second kappa shape index (κ2) is 7.39. The molecule has 1 fully saturated rings. The summed E-state index contributed by atoms with van der Waals surface area (Å²) in [5, 5.41) is 0. The average Bonchev–Trinajstić information content (AvgIpc) is 2.52. The molecule has 1 heterocycles. The third kappa shape index (κ3) is 5.47. The molecule has 0 N–H and O–H groups in total. The van der Waals surface area contributed by atoms with E-state index < -0.39 is 32.1 Å². The highest BCUT2D eigenvalue weighted by Crippen LogP contribution is 2.45. The first-order valence-corrected chi connectivity index (χ1v) is 8.29. The van der Waals surface area contributed by atoms with Gasteiger partial charge in [-0.3, -0.25) is 4.57 Å².